The predicted molar refractivity (Wildman–Crippen MR) is 107 cm³/mol. The number of anilines is 1. The Kier molecular flexibility index (Phi) is 6.65. The van der Waals surface area contributed by atoms with E-state index in [0.717, 1.165) is 16.3 Å². The molecule has 0 bridgehead atoms. The average Bonchev–Trinajstić information content (AvgIpc) is 3.28. The molecule has 3 aromatic rings. The van der Waals surface area contributed by atoms with Crippen molar-refractivity contribution < 1.29 is 27.8 Å². The number of rotatable bonds is 9. The zero-order chi connectivity index (χ0) is 22.6. The summed E-state index contributed by atoms with van der Waals surface area (Å²) in [6, 6.07) is 7.12. The number of halogens is 3. The van der Waals surface area contributed by atoms with Gasteiger partial charge in [0.1, 0.15) is 0 Å². The van der Waals surface area contributed by atoms with E-state index in [9.17, 15) is 23.1 Å². The van der Waals surface area contributed by atoms with Gasteiger partial charge in [0.15, 0.2) is 5.82 Å². The molecule has 1 unspecified atom stereocenters. The Labute approximate surface area is 176 Å². The number of carbonyl (C=O) groups excluding carboxylic acids is 1. The minimum atomic E-state index is -5.11. The normalized spacial score (nSPS) is 14.0. The van der Waals surface area contributed by atoms with Crippen molar-refractivity contribution in [3.05, 3.63) is 42.5 Å². The first-order valence-corrected chi connectivity index (χ1v) is 9.77. The Morgan fingerprint density at radius 2 is 2.03 bits per heavy atom. The first-order valence-electron chi connectivity index (χ1n) is 9.77. The van der Waals surface area contributed by atoms with Crippen LogP contribution in [0.25, 0.3) is 11.0 Å². The van der Waals surface area contributed by atoms with Crippen molar-refractivity contribution in [2.24, 2.45) is 7.05 Å². The summed E-state index contributed by atoms with van der Waals surface area (Å²) in [4.78, 5) is 20.5. The average molecular weight is 439 g/mol. The van der Waals surface area contributed by atoms with E-state index in [1.54, 1.807) is 28.8 Å². The second kappa shape index (κ2) is 9.06. The van der Waals surface area contributed by atoms with E-state index >= 15 is 0 Å². The van der Waals surface area contributed by atoms with E-state index in [0.29, 0.717) is 31.7 Å². The minimum absolute atomic E-state index is 0.104. The Bertz CT molecular complexity index is 1050. The number of aromatic nitrogens is 4. The van der Waals surface area contributed by atoms with Crippen LogP contribution in [0.3, 0.4) is 0 Å². The molecule has 2 aromatic heterocycles. The Balaban J connectivity index is 1.86. The Hall–Kier alpha value is -2.92. The molecule has 2 heterocycles. The molecule has 0 aliphatic heterocycles. The number of hydrogen-bond acceptors (Lipinski definition) is 5. The number of nitrogens with zero attached hydrogens (tertiary/aromatic N) is 4. The van der Waals surface area contributed by atoms with Crippen molar-refractivity contribution >= 4 is 22.9 Å². The standard InChI is InChI=1S/C20H24F3N5O3/c1-3-31-12-6-10-28-15-8-5-4-7-14(15)25-18(28)26-16(29)13-19(30,20(21,22)23)17-24-9-11-27(17)2/h4-5,7-9,11,30H,3,6,10,12-13H2,1-2H3,(H,25,26,29). The number of amides is 1. The number of para-hydroxylation sites is 2. The van der Waals surface area contributed by atoms with Crippen LogP contribution < -0.4 is 5.32 Å². The molecule has 0 aliphatic carbocycles. The number of fused-ring (bicyclic) bond motifs is 1. The number of aliphatic hydroxyl groups is 1. The summed E-state index contributed by atoms with van der Waals surface area (Å²) in [5.74, 6) is -1.60. The van der Waals surface area contributed by atoms with Gasteiger partial charge in [-0.2, -0.15) is 13.2 Å². The summed E-state index contributed by atoms with van der Waals surface area (Å²) in [5, 5.41) is 12.9. The van der Waals surface area contributed by atoms with E-state index in [-0.39, 0.29) is 5.95 Å². The number of ether oxygens (including phenoxy) is 1. The van der Waals surface area contributed by atoms with Gasteiger partial charge in [0.05, 0.1) is 17.5 Å². The van der Waals surface area contributed by atoms with Crippen LogP contribution in [0.15, 0.2) is 36.7 Å². The number of imidazole rings is 2. The number of aryl methyl sites for hydroxylation is 2. The fourth-order valence-corrected chi connectivity index (χ4v) is 3.34. The third-order valence-electron chi connectivity index (χ3n) is 4.86. The fourth-order valence-electron chi connectivity index (χ4n) is 3.34. The molecule has 1 aromatic carbocycles. The lowest BCUT2D eigenvalue weighted by Gasteiger charge is -2.29. The maximum atomic E-state index is 13.7. The van der Waals surface area contributed by atoms with Crippen LogP contribution in [0.5, 0.6) is 0 Å². The molecule has 168 valence electrons. The summed E-state index contributed by atoms with van der Waals surface area (Å²) < 4.78 is 49.2. The Morgan fingerprint density at radius 3 is 2.68 bits per heavy atom. The molecule has 0 saturated heterocycles. The molecule has 0 saturated carbocycles. The third kappa shape index (κ3) is 4.72. The molecule has 3 rings (SSSR count). The second-order valence-corrected chi connectivity index (χ2v) is 7.07. The predicted octanol–water partition coefficient (Wildman–Crippen LogP) is 2.98. The molecule has 0 spiro atoms. The topological polar surface area (TPSA) is 94.2 Å². The van der Waals surface area contributed by atoms with E-state index in [1.165, 1.54) is 13.2 Å². The maximum absolute atomic E-state index is 13.7. The van der Waals surface area contributed by atoms with Gasteiger partial charge in [-0.3, -0.25) is 10.1 Å². The number of alkyl halides is 3. The molecule has 31 heavy (non-hydrogen) atoms. The lowest BCUT2D eigenvalue weighted by molar-refractivity contribution is -0.270. The SMILES string of the molecule is CCOCCCn1c(NC(=O)CC(O)(c2nccn2C)C(F)(F)F)nc2ccccc21. The first-order chi connectivity index (χ1) is 14.7. The largest absolute Gasteiger partial charge is 0.425 e. The van der Waals surface area contributed by atoms with Crippen LogP contribution in [0.4, 0.5) is 19.1 Å². The molecule has 0 aliphatic rings. The van der Waals surface area contributed by atoms with Crippen molar-refractivity contribution in [1.29, 1.82) is 0 Å². The minimum Gasteiger partial charge on any atom is -0.382 e. The molecule has 11 heteroatoms. The summed E-state index contributed by atoms with van der Waals surface area (Å²) >= 11 is 0. The highest BCUT2D eigenvalue weighted by molar-refractivity contribution is 5.92. The van der Waals surface area contributed by atoms with Gasteiger partial charge in [-0.25, -0.2) is 9.97 Å². The van der Waals surface area contributed by atoms with E-state index in [1.807, 2.05) is 6.92 Å². The number of nitrogens with one attached hydrogen (secondary N) is 1. The molecule has 0 fully saturated rings. The number of benzene rings is 1. The zero-order valence-corrected chi connectivity index (χ0v) is 17.2. The molecule has 1 atom stereocenters. The van der Waals surface area contributed by atoms with Gasteiger partial charge in [-0.15, -0.1) is 0 Å². The highest BCUT2D eigenvalue weighted by Gasteiger charge is 2.58. The quantitative estimate of drug-likeness (QED) is 0.500. The summed E-state index contributed by atoms with van der Waals surface area (Å²) in [7, 11) is 1.31. The number of carbonyl (C=O) groups is 1. The van der Waals surface area contributed by atoms with E-state index in [4.69, 9.17) is 4.74 Å². The van der Waals surface area contributed by atoms with Gasteiger partial charge in [0.25, 0.3) is 0 Å². The van der Waals surface area contributed by atoms with Gasteiger partial charge in [0.2, 0.25) is 17.5 Å². The second-order valence-electron chi connectivity index (χ2n) is 7.07. The van der Waals surface area contributed by atoms with Crippen LogP contribution in [0.1, 0.15) is 25.6 Å². The summed E-state index contributed by atoms with van der Waals surface area (Å²) in [6.07, 6.45) is -3.36. The highest BCUT2D eigenvalue weighted by Crippen LogP contribution is 2.41. The molecule has 0 radical (unpaired) electrons. The van der Waals surface area contributed by atoms with Crippen LogP contribution >= 0.6 is 0 Å². The molecule has 1 amide bonds. The maximum Gasteiger partial charge on any atom is 0.425 e. The summed E-state index contributed by atoms with van der Waals surface area (Å²) in [5.41, 5.74) is -2.13. The van der Waals surface area contributed by atoms with Crippen molar-refractivity contribution in [1.82, 2.24) is 19.1 Å². The number of hydrogen-bond donors (Lipinski definition) is 2. The van der Waals surface area contributed by atoms with Gasteiger partial charge in [0, 0.05) is 39.2 Å². The summed E-state index contributed by atoms with van der Waals surface area (Å²) in [6.45, 7) is 3.38. The van der Waals surface area contributed by atoms with Gasteiger partial charge >= 0.3 is 6.18 Å². The van der Waals surface area contributed by atoms with E-state index < -0.39 is 29.9 Å². The molecular formula is C20H24F3N5O3. The highest BCUT2D eigenvalue weighted by atomic mass is 19.4. The van der Waals surface area contributed by atoms with Gasteiger partial charge < -0.3 is 19.0 Å². The van der Waals surface area contributed by atoms with Crippen molar-refractivity contribution in [2.45, 2.75) is 38.1 Å². The lowest BCUT2D eigenvalue weighted by atomic mass is 9.97. The molecule has 2 N–H and O–H groups in total. The third-order valence-corrected chi connectivity index (χ3v) is 4.86. The zero-order valence-electron chi connectivity index (χ0n) is 17.2. The lowest BCUT2D eigenvalue weighted by Crippen LogP contribution is -2.47. The van der Waals surface area contributed by atoms with Gasteiger partial charge in [-0.05, 0) is 25.5 Å². The van der Waals surface area contributed by atoms with Crippen molar-refractivity contribution in [2.75, 3.05) is 18.5 Å². The fraction of sp³-hybridized carbons (Fsp3) is 0.450. The smallest absolute Gasteiger partial charge is 0.382 e. The monoisotopic (exact) mass is 439 g/mol. The van der Waals surface area contributed by atoms with Crippen molar-refractivity contribution in [3.63, 3.8) is 0 Å². The molecular weight excluding hydrogens is 415 g/mol. The van der Waals surface area contributed by atoms with Crippen molar-refractivity contribution in [3.8, 4) is 0 Å². The molecule has 8 nitrogen and oxygen atoms in total. The van der Waals surface area contributed by atoms with Gasteiger partial charge in [-0.1, -0.05) is 12.1 Å². The van der Waals surface area contributed by atoms with Crippen LogP contribution in [0.2, 0.25) is 0 Å². The van der Waals surface area contributed by atoms with Crippen LogP contribution in [0, 0.1) is 0 Å². The van der Waals surface area contributed by atoms with Crippen LogP contribution in [-0.2, 0) is 28.7 Å². The van der Waals surface area contributed by atoms with Crippen LogP contribution in [-0.4, -0.2) is 49.5 Å². The first kappa shape index (κ1) is 22.8. The van der Waals surface area contributed by atoms with E-state index in [2.05, 4.69) is 15.3 Å². The Morgan fingerprint density at radius 1 is 1.29 bits per heavy atom.